The van der Waals surface area contributed by atoms with Gasteiger partial charge in [0, 0.05) is 24.0 Å². The summed E-state index contributed by atoms with van der Waals surface area (Å²) in [4.78, 5) is 8.40. The van der Waals surface area contributed by atoms with Crippen molar-refractivity contribution < 1.29 is 4.39 Å². The quantitative estimate of drug-likeness (QED) is 0.818. The molecule has 0 fully saturated rings. The van der Waals surface area contributed by atoms with Gasteiger partial charge < -0.3 is 0 Å². The van der Waals surface area contributed by atoms with Gasteiger partial charge in [0.2, 0.25) is 0 Å². The molecular formula is C16H18ClFN2. The van der Waals surface area contributed by atoms with Gasteiger partial charge in [-0.2, -0.15) is 0 Å². The van der Waals surface area contributed by atoms with E-state index < -0.39 is 5.41 Å². The van der Waals surface area contributed by atoms with Crippen LogP contribution in [0.25, 0.3) is 0 Å². The number of hydrogen-bond acceptors (Lipinski definition) is 2. The van der Waals surface area contributed by atoms with Gasteiger partial charge in [-0.3, -0.25) is 9.97 Å². The average molecular weight is 293 g/mol. The molecule has 0 bridgehead atoms. The Hall–Kier alpha value is -1.48. The topological polar surface area (TPSA) is 25.8 Å². The van der Waals surface area contributed by atoms with E-state index in [4.69, 9.17) is 11.6 Å². The van der Waals surface area contributed by atoms with Crippen molar-refractivity contribution in [2.24, 2.45) is 0 Å². The zero-order valence-electron chi connectivity index (χ0n) is 12.1. The third-order valence-electron chi connectivity index (χ3n) is 3.55. The lowest BCUT2D eigenvalue weighted by molar-refractivity contribution is 0.524. The highest BCUT2D eigenvalue weighted by Crippen LogP contribution is 2.33. The fourth-order valence-corrected chi connectivity index (χ4v) is 2.29. The molecule has 2 aromatic rings. The third kappa shape index (κ3) is 2.83. The van der Waals surface area contributed by atoms with Crippen LogP contribution < -0.4 is 0 Å². The first-order valence-corrected chi connectivity index (χ1v) is 6.97. The maximum absolute atomic E-state index is 14.4. The van der Waals surface area contributed by atoms with E-state index in [0.29, 0.717) is 10.7 Å². The molecule has 0 radical (unpaired) electrons. The number of rotatable bonds is 3. The third-order valence-corrected chi connectivity index (χ3v) is 3.75. The zero-order chi connectivity index (χ0) is 14.9. The van der Waals surface area contributed by atoms with E-state index >= 15 is 0 Å². The van der Waals surface area contributed by atoms with Gasteiger partial charge in [-0.25, -0.2) is 4.39 Å². The van der Waals surface area contributed by atoms with Gasteiger partial charge in [0.1, 0.15) is 5.82 Å². The molecule has 0 saturated carbocycles. The largest absolute Gasteiger partial charge is 0.263 e. The molecule has 0 amide bonds. The number of pyridine rings is 2. The summed E-state index contributed by atoms with van der Waals surface area (Å²) in [7, 11) is 0. The lowest BCUT2D eigenvalue weighted by Gasteiger charge is -2.25. The molecule has 106 valence electrons. The fraction of sp³-hybridized carbons (Fsp3) is 0.375. The Labute approximate surface area is 124 Å². The molecule has 2 nitrogen and oxygen atoms in total. The van der Waals surface area contributed by atoms with Crippen LogP contribution in [0.15, 0.2) is 30.7 Å². The normalized spacial score (nSPS) is 11.9. The summed E-state index contributed by atoms with van der Waals surface area (Å²) >= 11 is 5.97. The maximum atomic E-state index is 14.4. The summed E-state index contributed by atoms with van der Waals surface area (Å²) in [6, 6.07) is 3.36. The van der Waals surface area contributed by atoms with Crippen molar-refractivity contribution in [3.8, 4) is 0 Å². The Kier molecular flexibility index (Phi) is 4.09. The smallest absolute Gasteiger partial charge is 0.145 e. The van der Waals surface area contributed by atoms with Crippen LogP contribution in [0.1, 0.15) is 50.4 Å². The van der Waals surface area contributed by atoms with E-state index in [1.807, 2.05) is 27.7 Å². The van der Waals surface area contributed by atoms with Crippen molar-refractivity contribution in [1.82, 2.24) is 9.97 Å². The van der Waals surface area contributed by atoms with Crippen molar-refractivity contribution in [2.45, 2.75) is 39.0 Å². The summed E-state index contributed by atoms with van der Waals surface area (Å²) in [5.41, 5.74) is 1.56. The minimum atomic E-state index is -0.586. The van der Waals surface area contributed by atoms with E-state index in [0.717, 1.165) is 11.1 Å². The SMILES string of the molecule is CC(C)c1cnc(C(C)(C)c2cncc(Cl)c2)c(F)c1. The molecule has 0 aliphatic carbocycles. The Morgan fingerprint density at radius 3 is 2.40 bits per heavy atom. The molecule has 2 rings (SSSR count). The highest BCUT2D eigenvalue weighted by Gasteiger charge is 2.29. The Bertz CT molecular complexity index is 624. The van der Waals surface area contributed by atoms with Crippen molar-refractivity contribution in [2.75, 3.05) is 0 Å². The van der Waals surface area contributed by atoms with Crippen LogP contribution in [0.5, 0.6) is 0 Å². The van der Waals surface area contributed by atoms with Crippen LogP contribution in [0, 0.1) is 5.82 Å². The second-order valence-corrected chi connectivity index (χ2v) is 6.21. The van der Waals surface area contributed by atoms with Crippen LogP contribution in [0.4, 0.5) is 4.39 Å². The first kappa shape index (κ1) is 14.9. The van der Waals surface area contributed by atoms with E-state index in [1.165, 1.54) is 0 Å². The lowest BCUT2D eigenvalue weighted by Crippen LogP contribution is -2.23. The predicted octanol–water partition coefficient (Wildman–Crippen LogP) is 4.72. The van der Waals surface area contributed by atoms with Crippen molar-refractivity contribution in [3.63, 3.8) is 0 Å². The van der Waals surface area contributed by atoms with E-state index in [1.54, 1.807) is 30.7 Å². The molecule has 0 aliphatic heterocycles. The van der Waals surface area contributed by atoms with Crippen LogP contribution in [0.3, 0.4) is 0 Å². The number of aromatic nitrogens is 2. The first-order valence-electron chi connectivity index (χ1n) is 6.59. The van der Waals surface area contributed by atoms with Gasteiger partial charge in [-0.05, 0) is 43.0 Å². The predicted molar refractivity (Wildman–Crippen MR) is 79.7 cm³/mol. The van der Waals surface area contributed by atoms with Crippen LogP contribution >= 0.6 is 11.6 Å². The molecule has 0 spiro atoms. The fourth-order valence-electron chi connectivity index (χ4n) is 2.12. The van der Waals surface area contributed by atoms with Crippen LogP contribution in [0.2, 0.25) is 5.02 Å². The van der Waals surface area contributed by atoms with Crippen LogP contribution in [-0.2, 0) is 5.41 Å². The molecule has 0 saturated heterocycles. The van der Waals surface area contributed by atoms with Gasteiger partial charge in [-0.1, -0.05) is 25.4 Å². The zero-order valence-corrected chi connectivity index (χ0v) is 12.9. The molecule has 0 atom stereocenters. The molecule has 0 aliphatic rings. The molecule has 2 heterocycles. The molecule has 0 N–H and O–H groups in total. The van der Waals surface area contributed by atoms with Gasteiger partial charge in [-0.15, -0.1) is 0 Å². The van der Waals surface area contributed by atoms with Crippen molar-refractivity contribution in [3.05, 3.63) is 58.4 Å². The summed E-state index contributed by atoms with van der Waals surface area (Å²) in [5, 5.41) is 0.537. The molecule has 0 aromatic carbocycles. The highest BCUT2D eigenvalue weighted by molar-refractivity contribution is 6.30. The van der Waals surface area contributed by atoms with Crippen molar-refractivity contribution >= 4 is 11.6 Å². The van der Waals surface area contributed by atoms with Gasteiger partial charge >= 0.3 is 0 Å². The monoisotopic (exact) mass is 292 g/mol. The second-order valence-electron chi connectivity index (χ2n) is 5.77. The lowest BCUT2D eigenvalue weighted by atomic mass is 9.81. The van der Waals surface area contributed by atoms with Gasteiger partial charge in [0.05, 0.1) is 10.7 Å². The standard InChI is InChI=1S/C16H18ClFN2/c1-10(2)11-5-14(18)15(20-7-11)16(3,4)12-6-13(17)9-19-8-12/h5-10H,1-4H3. The van der Waals surface area contributed by atoms with Crippen molar-refractivity contribution in [1.29, 1.82) is 0 Å². The molecule has 2 aromatic heterocycles. The first-order chi connectivity index (χ1) is 9.32. The maximum Gasteiger partial charge on any atom is 0.145 e. The Morgan fingerprint density at radius 1 is 1.15 bits per heavy atom. The molecule has 4 heteroatoms. The number of hydrogen-bond donors (Lipinski definition) is 0. The Balaban J connectivity index is 2.49. The summed E-state index contributed by atoms with van der Waals surface area (Å²) < 4.78 is 14.4. The Morgan fingerprint density at radius 2 is 1.85 bits per heavy atom. The second kappa shape index (κ2) is 5.49. The van der Waals surface area contributed by atoms with E-state index in [-0.39, 0.29) is 11.7 Å². The van der Waals surface area contributed by atoms with E-state index in [9.17, 15) is 4.39 Å². The van der Waals surface area contributed by atoms with Gasteiger partial charge in [0.25, 0.3) is 0 Å². The highest BCUT2D eigenvalue weighted by atomic mass is 35.5. The average Bonchev–Trinajstić information content (AvgIpc) is 2.38. The molecule has 0 unspecified atom stereocenters. The number of nitrogens with zero attached hydrogens (tertiary/aromatic N) is 2. The van der Waals surface area contributed by atoms with Gasteiger partial charge in [0.15, 0.2) is 0 Å². The number of halogens is 2. The molecule has 20 heavy (non-hydrogen) atoms. The summed E-state index contributed by atoms with van der Waals surface area (Å²) in [6.07, 6.45) is 5.00. The van der Waals surface area contributed by atoms with Crippen LogP contribution in [-0.4, -0.2) is 9.97 Å². The molecular weight excluding hydrogens is 275 g/mol. The van der Waals surface area contributed by atoms with E-state index in [2.05, 4.69) is 9.97 Å². The summed E-state index contributed by atoms with van der Waals surface area (Å²) in [6.45, 7) is 7.87. The summed E-state index contributed by atoms with van der Waals surface area (Å²) in [5.74, 6) is -0.0387. The minimum Gasteiger partial charge on any atom is -0.263 e. The minimum absolute atomic E-state index is 0.252.